The minimum atomic E-state index is -4.35. The van der Waals surface area contributed by atoms with E-state index in [4.69, 9.17) is 16.3 Å². The van der Waals surface area contributed by atoms with Crippen LogP contribution in [0.25, 0.3) is 0 Å². The summed E-state index contributed by atoms with van der Waals surface area (Å²) in [5, 5.41) is 0. The fourth-order valence-corrected chi connectivity index (χ4v) is 0.995. The van der Waals surface area contributed by atoms with E-state index in [2.05, 4.69) is 10.8 Å². The highest BCUT2D eigenvalue weighted by Crippen LogP contribution is 2.22. The van der Waals surface area contributed by atoms with Crippen LogP contribution in [0.3, 0.4) is 0 Å². The quantitative estimate of drug-likeness (QED) is 0.751. The van der Waals surface area contributed by atoms with Gasteiger partial charge in [0.25, 0.3) is 0 Å². The van der Waals surface area contributed by atoms with E-state index in [1.165, 1.54) is 18.2 Å². The van der Waals surface area contributed by atoms with Gasteiger partial charge in [0.1, 0.15) is 18.1 Å². The van der Waals surface area contributed by atoms with Crippen molar-refractivity contribution in [2.75, 3.05) is 19.1 Å². The van der Waals surface area contributed by atoms with Crippen molar-refractivity contribution < 1.29 is 22.6 Å². The van der Waals surface area contributed by atoms with Crippen LogP contribution in [-0.4, -0.2) is 25.3 Å². The predicted octanol–water partition coefficient (Wildman–Crippen LogP) is 3.05. The lowest BCUT2D eigenvalue weighted by molar-refractivity contribution is -0.153. The summed E-state index contributed by atoms with van der Waals surface area (Å²) >= 11 is 5.40. The van der Waals surface area contributed by atoms with Gasteiger partial charge < -0.3 is 9.47 Å². The Morgan fingerprint density at radius 1 is 1.19 bits per heavy atom. The van der Waals surface area contributed by atoms with E-state index in [0.717, 1.165) is 0 Å². The Morgan fingerprint density at radius 3 is 2.38 bits per heavy atom. The summed E-state index contributed by atoms with van der Waals surface area (Å²) in [4.78, 5) is 0. The summed E-state index contributed by atoms with van der Waals surface area (Å²) < 4.78 is 45.2. The SMILES string of the molecule is FC(F)(F)COc1c[c]cc(OCCCl)c1. The van der Waals surface area contributed by atoms with E-state index < -0.39 is 12.8 Å². The zero-order chi connectivity index (χ0) is 12.0. The summed E-state index contributed by atoms with van der Waals surface area (Å²) in [6, 6.07) is 6.77. The van der Waals surface area contributed by atoms with Crippen molar-refractivity contribution in [1.29, 1.82) is 0 Å². The van der Waals surface area contributed by atoms with Crippen LogP contribution < -0.4 is 9.47 Å². The van der Waals surface area contributed by atoms with Gasteiger partial charge in [0.2, 0.25) is 0 Å². The van der Waals surface area contributed by atoms with Crippen molar-refractivity contribution in [3.05, 3.63) is 24.3 Å². The third kappa shape index (κ3) is 5.11. The van der Waals surface area contributed by atoms with Gasteiger partial charge in [-0.3, -0.25) is 0 Å². The van der Waals surface area contributed by atoms with Crippen LogP contribution in [0.2, 0.25) is 0 Å². The highest BCUT2D eigenvalue weighted by Gasteiger charge is 2.28. The summed E-state index contributed by atoms with van der Waals surface area (Å²) in [5.74, 6) is 0.734. The molecule has 0 aliphatic heterocycles. The molecule has 2 nitrogen and oxygen atoms in total. The minimum Gasteiger partial charge on any atom is -0.492 e. The third-order valence-electron chi connectivity index (χ3n) is 1.48. The van der Waals surface area contributed by atoms with Gasteiger partial charge >= 0.3 is 6.18 Å². The van der Waals surface area contributed by atoms with E-state index in [0.29, 0.717) is 11.6 Å². The van der Waals surface area contributed by atoms with Gasteiger partial charge in [-0.15, -0.1) is 11.6 Å². The number of hydrogen-bond acceptors (Lipinski definition) is 2. The second-order valence-electron chi connectivity index (χ2n) is 2.85. The molecule has 0 saturated heterocycles. The Labute approximate surface area is 95.9 Å². The van der Waals surface area contributed by atoms with Crippen LogP contribution in [0.5, 0.6) is 11.5 Å². The molecule has 0 aromatic heterocycles. The maximum absolute atomic E-state index is 11.9. The van der Waals surface area contributed by atoms with Crippen molar-refractivity contribution in [2.24, 2.45) is 0 Å². The molecule has 6 heteroatoms. The zero-order valence-electron chi connectivity index (χ0n) is 8.18. The van der Waals surface area contributed by atoms with Crippen LogP contribution >= 0.6 is 11.6 Å². The van der Waals surface area contributed by atoms with Crippen LogP contribution in [0.15, 0.2) is 18.2 Å². The number of alkyl halides is 4. The molecular formula is C10H9ClF3O2. The minimum absolute atomic E-state index is 0.0596. The molecule has 0 fully saturated rings. The van der Waals surface area contributed by atoms with Crippen LogP contribution in [-0.2, 0) is 0 Å². The molecule has 0 aliphatic rings. The molecule has 16 heavy (non-hydrogen) atoms. The average Bonchev–Trinajstić information content (AvgIpc) is 2.23. The van der Waals surface area contributed by atoms with Gasteiger partial charge in [0.05, 0.1) is 5.88 Å². The number of benzene rings is 1. The second-order valence-corrected chi connectivity index (χ2v) is 3.22. The molecule has 1 radical (unpaired) electrons. The van der Waals surface area contributed by atoms with E-state index in [-0.39, 0.29) is 12.4 Å². The largest absolute Gasteiger partial charge is 0.492 e. The van der Waals surface area contributed by atoms with Gasteiger partial charge in [-0.1, -0.05) is 0 Å². The van der Waals surface area contributed by atoms with E-state index in [9.17, 15) is 13.2 Å². The van der Waals surface area contributed by atoms with Crippen LogP contribution in [0, 0.1) is 6.07 Å². The van der Waals surface area contributed by atoms with Gasteiger partial charge in [-0.05, 0) is 18.2 Å². The summed E-state index contributed by atoms with van der Waals surface area (Å²) in [7, 11) is 0. The highest BCUT2D eigenvalue weighted by atomic mass is 35.5. The van der Waals surface area contributed by atoms with Gasteiger partial charge in [-0.2, -0.15) is 13.2 Å². The monoisotopic (exact) mass is 253 g/mol. The maximum atomic E-state index is 11.9. The molecule has 0 atom stereocenters. The fraction of sp³-hybridized carbons (Fsp3) is 0.400. The second kappa shape index (κ2) is 5.84. The molecule has 0 aliphatic carbocycles. The van der Waals surface area contributed by atoms with Crippen molar-refractivity contribution >= 4 is 11.6 Å². The molecule has 1 rings (SSSR count). The van der Waals surface area contributed by atoms with E-state index in [1.807, 2.05) is 0 Å². The van der Waals surface area contributed by atoms with Gasteiger partial charge in [0, 0.05) is 6.07 Å². The smallest absolute Gasteiger partial charge is 0.422 e. The molecule has 0 N–H and O–H groups in total. The molecular weight excluding hydrogens is 245 g/mol. The van der Waals surface area contributed by atoms with Crippen molar-refractivity contribution in [1.82, 2.24) is 0 Å². The summed E-state index contributed by atoms with van der Waals surface area (Å²) in [5.41, 5.74) is 0. The van der Waals surface area contributed by atoms with E-state index in [1.54, 1.807) is 0 Å². The Hall–Kier alpha value is -1.10. The number of halogens is 4. The third-order valence-corrected chi connectivity index (χ3v) is 1.64. The molecule has 0 amide bonds. The lowest BCUT2D eigenvalue weighted by Gasteiger charge is -2.10. The topological polar surface area (TPSA) is 18.5 Å². The molecule has 0 unspecified atom stereocenters. The van der Waals surface area contributed by atoms with Crippen LogP contribution in [0.4, 0.5) is 13.2 Å². The Bertz CT molecular complexity index is 328. The summed E-state index contributed by atoms with van der Waals surface area (Å²) in [6.45, 7) is -1.06. The van der Waals surface area contributed by atoms with Crippen molar-refractivity contribution in [3.8, 4) is 11.5 Å². The fourth-order valence-electron chi connectivity index (χ4n) is 0.918. The maximum Gasteiger partial charge on any atom is 0.422 e. The standard InChI is InChI=1S/C10H9ClF3O2/c11-4-5-15-8-2-1-3-9(6-8)16-7-10(12,13)14/h2-3,6H,4-5,7H2. The molecule has 0 spiro atoms. The molecule has 0 heterocycles. The number of ether oxygens (including phenoxy) is 2. The number of rotatable bonds is 5. The van der Waals surface area contributed by atoms with E-state index >= 15 is 0 Å². The normalized spacial score (nSPS) is 11.2. The van der Waals surface area contributed by atoms with Gasteiger partial charge in [0.15, 0.2) is 6.61 Å². The molecule has 89 valence electrons. The first-order chi connectivity index (χ1) is 7.51. The van der Waals surface area contributed by atoms with Crippen molar-refractivity contribution in [3.63, 3.8) is 0 Å². The lowest BCUT2D eigenvalue weighted by atomic mass is 10.3. The first kappa shape index (κ1) is 13.0. The molecule has 1 aromatic rings. The highest BCUT2D eigenvalue weighted by molar-refractivity contribution is 6.17. The average molecular weight is 254 g/mol. The Balaban J connectivity index is 2.53. The predicted molar refractivity (Wildman–Crippen MR) is 53.0 cm³/mol. The lowest BCUT2D eigenvalue weighted by Crippen LogP contribution is -2.19. The van der Waals surface area contributed by atoms with Gasteiger partial charge in [-0.25, -0.2) is 0 Å². The van der Waals surface area contributed by atoms with Crippen LogP contribution in [0.1, 0.15) is 0 Å². The molecule has 0 bridgehead atoms. The van der Waals surface area contributed by atoms with Crippen molar-refractivity contribution in [2.45, 2.75) is 6.18 Å². The zero-order valence-corrected chi connectivity index (χ0v) is 8.94. The Morgan fingerprint density at radius 2 is 1.81 bits per heavy atom. The summed E-state index contributed by atoms with van der Waals surface area (Å²) in [6.07, 6.45) is -4.35. The first-order valence-corrected chi connectivity index (χ1v) is 4.94. The molecule has 0 saturated carbocycles. The Kier molecular flexibility index (Phi) is 4.73. The number of hydrogen-bond donors (Lipinski definition) is 0. The first-order valence-electron chi connectivity index (χ1n) is 4.41. The molecule has 1 aromatic carbocycles.